The molecule has 1 rings (SSSR count). The zero-order chi connectivity index (χ0) is 10.7. The Balaban J connectivity index is 0.00000196. The van der Waals surface area contributed by atoms with Gasteiger partial charge in [-0.25, -0.2) is 0 Å². The molecular formula is C9H8BrNaO4. The zero-order valence-corrected chi connectivity index (χ0v) is 12.3. The molecule has 0 heterocycles. The summed E-state index contributed by atoms with van der Waals surface area (Å²) in [5.74, 6) is -0.485. The average Bonchev–Trinajstić information content (AvgIpc) is 2.17. The molecule has 0 spiro atoms. The minimum atomic E-state index is -1.27. The van der Waals surface area contributed by atoms with Crippen LogP contribution >= 0.6 is 15.9 Å². The molecule has 0 aliphatic rings. The molecule has 6 heteroatoms. The Kier molecular flexibility index (Phi) is 6.28. The Labute approximate surface area is 118 Å². The molecule has 0 atom stereocenters. The first-order chi connectivity index (χ1) is 6.60. The first-order valence-electron chi connectivity index (χ1n) is 3.73. The van der Waals surface area contributed by atoms with Crippen LogP contribution in [0.2, 0.25) is 0 Å². The van der Waals surface area contributed by atoms with E-state index in [0.29, 0.717) is 16.0 Å². The molecule has 0 fully saturated rings. The van der Waals surface area contributed by atoms with Crippen molar-refractivity contribution in [3.63, 3.8) is 0 Å². The first kappa shape index (κ1) is 14.8. The van der Waals surface area contributed by atoms with E-state index in [9.17, 15) is 9.90 Å². The number of carbonyl (C=O) groups excluding carboxylic acids is 1. The molecule has 0 unspecified atom stereocenters. The Morgan fingerprint density at radius 2 is 1.67 bits per heavy atom. The fourth-order valence-electron chi connectivity index (χ4n) is 0.987. The van der Waals surface area contributed by atoms with Gasteiger partial charge < -0.3 is 19.4 Å². The van der Waals surface area contributed by atoms with Crippen molar-refractivity contribution in [3.05, 3.63) is 22.2 Å². The van der Waals surface area contributed by atoms with Crippen LogP contribution in [0.1, 0.15) is 10.4 Å². The van der Waals surface area contributed by atoms with Crippen LogP contribution in [-0.4, -0.2) is 20.2 Å². The third-order valence-corrected chi connectivity index (χ3v) is 2.46. The van der Waals surface area contributed by atoms with E-state index in [-0.39, 0.29) is 35.1 Å². The second-order valence-electron chi connectivity index (χ2n) is 2.48. The van der Waals surface area contributed by atoms with Gasteiger partial charge >= 0.3 is 29.6 Å². The molecule has 0 aliphatic carbocycles. The zero-order valence-electron chi connectivity index (χ0n) is 8.67. The van der Waals surface area contributed by atoms with E-state index >= 15 is 0 Å². The van der Waals surface area contributed by atoms with Crippen LogP contribution in [-0.2, 0) is 0 Å². The summed E-state index contributed by atoms with van der Waals surface area (Å²) in [6, 6.07) is 2.73. The molecule has 76 valence electrons. The van der Waals surface area contributed by atoms with Gasteiger partial charge in [0, 0.05) is 5.56 Å². The van der Waals surface area contributed by atoms with Gasteiger partial charge in [-0.15, -0.1) is 0 Å². The van der Waals surface area contributed by atoms with E-state index in [1.165, 1.54) is 26.4 Å². The fourth-order valence-corrected chi connectivity index (χ4v) is 1.54. The molecule has 0 amide bonds. The van der Waals surface area contributed by atoms with E-state index in [0.717, 1.165) is 0 Å². The van der Waals surface area contributed by atoms with Crippen molar-refractivity contribution >= 4 is 21.9 Å². The maximum absolute atomic E-state index is 10.6. The molecule has 0 saturated heterocycles. The van der Waals surface area contributed by atoms with Crippen molar-refractivity contribution in [2.45, 2.75) is 0 Å². The van der Waals surface area contributed by atoms with Gasteiger partial charge in [-0.2, -0.15) is 0 Å². The minimum absolute atomic E-state index is 0. The van der Waals surface area contributed by atoms with Crippen molar-refractivity contribution < 1.29 is 48.9 Å². The van der Waals surface area contributed by atoms with E-state index in [1.54, 1.807) is 0 Å². The van der Waals surface area contributed by atoms with E-state index in [2.05, 4.69) is 15.9 Å². The number of methoxy groups -OCH3 is 2. The van der Waals surface area contributed by atoms with Gasteiger partial charge in [0.05, 0.1) is 20.2 Å². The summed E-state index contributed by atoms with van der Waals surface area (Å²) in [7, 11) is 2.89. The molecule has 0 N–H and O–H groups in total. The molecule has 4 nitrogen and oxygen atoms in total. The number of hydrogen-bond donors (Lipinski definition) is 0. The summed E-state index contributed by atoms with van der Waals surface area (Å²) in [6.07, 6.45) is 0. The van der Waals surface area contributed by atoms with Gasteiger partial charge in [0.25, 0.3) is 0 Å². The number of halogens is 1. The molecule has 0 aliphatic heterocycles. The number of hydrogen-bond acceptors (Lipinski definition) is 4. The monoisotopic (exact) mass is 282 g/mol. The molecule has 0 aromatic heterocycles. The number of carboxylic acid groups (broad SMARTS) is 1. The van der Waals surface area contributed by atoms with Crippen molar-refractivity contribution in [2.24, 2.45) is 0 Å². The molecule has 0 saturated carbocycles. The van der Waals surface area contributed by atoms with E-state index in [1.807, 2.05) is 0 Å². The second-order valence-corrected chi connectivity index (χ2v) is 3.28. The summed E-state index contributed by atoms with van der Waals surface area (Å²) < 4.78 is 10.5. The van der Waals surface area contributed by atoms with Crippen LogP contribution in [0.4, 0.5) is 0 Å². The van der Waals surface area contributed by atoms with Gasteiger partial charge in [0.2, 0.25) is 0 Å². The van der Waals surface area contributed by atoms with Crippen LogP contribution in [0.5, 0.6) is 11.5 Å². The first-order valence-corrected chi connectivity index (χ1v) is 4.52. The molecule has 1 aromatic carbocycles. The van der Waals surface area contributed by atoms with E-state index in [4.69, 9.17) is 9.47 Å². The van der Waals surface area contributed by atoms with Crippen LogP contribution < -0.4 is 44.1 Å². The van der Waals surface area contributed by atoms with Crippen LogP contribution in [0.15, 0.2) is 16.6 Å². The topological polar surface area (TPSA) is 58.6 Å². The molecule has 0 bridgehead atoms. The number of aromatic carboxylic acids is 1. The van der Waals surface area contributed by atoms with Gasteiger partial charge in [0.1, 0.15) is 16.0 Å². The summed E-state index contributed by atoms with van der Waals surface area (Å²) in [5.41, 5.74) is 0.0156. The van der Waals surface area contributed by atoms with Gasteiger partial charge in [-0.3, -0.25) is 0 Å². The van der Waals surface area contributed by atoms with Crippen molar-refractivity contribution in [1.82, 2.24) is 0 Å². The predicted octanol–water partition coefficient (Wildman–Crippen LogP) is -2.17. The van der Waals surface area contributed by atoms with Crippen molar-refractivity contribution in [1.29, 1.82) is 0 Å². The third kappa shape index (κ3) is 3.38. The summed E-state index contributed by atoms with van der Waals surface area (Å²) in [4.78, 5) is 10.6. The Morgan fingerprint density at radius 1 is 1.27 bits per heavy atom. The van der Waals surface area contributed by atoms with Crippen LogP contribution in [0.3, 0.4) is 0 Å². The number of rotatable bonds is 3. The third-order valence-electron chi connectivity index (χ3n) is 1.68. The molecule has 0 radical (unpaired) electrons. The quantitative estimate of drug-likeness (QED) is 0.593. The SMILES string of the molecule is COc1cc(C(=O)[O-])cc(OC)c1Br.[Na+]. The Morgan fingerprint density at radius 3 is 1.93 bits per heavy atom. The minimum Gasteiger partial charge on any atom is -0.545 e. The van der Waals surface area contributed by atoms with Gasteiger partial charge in [-0.05, 0) is 28.1 Å². The Hall–Kier alpha value is -0.230. The second kappa shape index (κ2) is 6.37. The summed E-state index contributed by atoms with van der Waals surface area (Å²) >= 11 is 3.22. The van der Waals surface area contributed by atoms with E-state index < -0.39 is 5.97 Å². The smallest absolute Gasteiger partial charge is 0.545 e. The van der Waals surface area contributed by atoms with Crippen molar-refractivity contribution in [2.75, 3.05) is 14.2 Å². The Bertz CT molecular complexity index is 342. The maximum Gasteiger partial charge on any atom is 1.00 e. The maximum atomic E-state index is 10.6. The van der Waals surface area contributed by atoms with Crippen LogP contribution in [0, 0.1) is 0 Å². The number of carboxylic acids is 1. The predicted molar refractivity (Wildman–Crippen MR) is 51.6 cm³/mol. The molecular weight excluding hydrogens is 275 g/mol. The van der Waals surface area contributed by atoms with Gasteiger partial charge in [-0.1, -0.05) is 0 Å². The molecule has 1 aromatic rings. The standard InChI is InChI=1S/C9H9BrO4.Na/c1-13-6-3-5(9(11)12)4-7(14-2)8(6)10;/h3-4H,1-2H3,(H,11,12);/q;+1/p-1. The normalized spacial score (nSPS) is 9.00. The summed E-state index contributed by atoms with van der Waals surface area (Å²) in [5, 5.41) is 10.6. The largest absolute Gasteiger partial charge is 1.00 e. The summed E-state index contributed by atoms with van der Waals surface area (Å²) in [6.45, 7) is 0. The van der Waals surface area contributed by atoms with Crippen LogP contribution in [0.25, 0.3) is 0 Å². The molecule has 15 heavy (non-hydrogen) atoms. The average molecular weight is 283 g/mol. The van der Waals surface area contributed by atoms with Gasteiger partial charge in [0.15, 0.2) is 0 Å². The van der Waals surface area contributed by atoms with Crippen molar-refractivity contribution in [3.8, 4) is 11.5 Å². The number of ether oxygens (including phenoxy) is 2. The fraction of sp³-hybridized carbons (Fsp3) is 0.222. The number of carbonyl (C=O) groups is 1. The number of benzene rings is 1.